The fourth-order valence-corrected chi connectivity index (χ4v) is 2.56. The molecule has 5 heteroatoms. The molecule has 0 heterocycles. The lowest BCUT2D eigenvalue weighted by Gasteiger charge is -2.15. The second-order valence-corrected chi connectivity index (χ2v) is 5.46. The molecule has 0 amide bonds. The van der Waals surface area contributed by atoms with E-state index in [9.17, 15) is 4.39 Å². The van der Waals surface area contributed by atoms with Crippen molar-refractivity contribution < 1.29 is 13.9 Å². The molecule has 0 fully saturated rings. The van der Waals surface area contributed by atoms with Crippen molar-refractivity contribution in [3.05, 3.63) is 63.9 Å². The molecule has 2 aromatic carbocycles. The van der Waals surface area contributed by atoms with Crippen LogP contribution in [0.3, 0.4) is 0 Å². The Kier molecular flexibility index (Phi) is 6.19. The molecular weight excluding hydrogens is 361 g/mol. The van der Waals surface area contributed by atoms with Crippen molar-refractivity contribution in [2.75, 3.05) is 6.61 Å². The topological polar surface area (TPSA) is 42.2 Å². The van der Waals surface area contributed by atoms with E-state index in [0.29, 0.717) is 28.1 Å². The molecule has 0 radical (unpaired) electrons. The van der Waals surface area contributed by atoms with Gasteiger partial charge in [0.15, 0.2) is 11.5 Å². The minimum atomic E-state index is -0.310. The zero-order valence-corrected chi connectivity index (χ0v) is 14.1. The SMILES string of the molecule is CCOc1cc(C=CC#N)cc(Br)c1OCc1ccccc1F. The second kappa shape index (κ2) is 8.35. The highest BCUT2D eigenvalue weighted by molar-refractivity contribution is 9.10. The molecule has 3 nitrogen and oxygen atoms in total. The molecule has 0 spiro atoms. The number of hydrogen-bond acceptors (Lipinski definition) is 3. The molecule has 0 unspecified atom stereocenters. The Hall–Kier alpha value is -2.32. The minimum Gasteiger partial charge on any atom is -0.490 e. The summed E-state index contributed by atoms with van der Waals surface area (Å²) in [5.74, 6) is 0.732. The third kappa shape index (κ3) is 4.57. The monoisotopic (exact) mass is 375 g/mol. The van der Waals surface area contributed by atoms with Crippen LogP contribution in [-0.2, 0) is 6.61 Å². The molecule has 0 atom stereocenters. The third-order valence-corrected chi connectivity index (χ3v) is 3.60. The Labute approximate surface area is 143 Å². The standard InChI is InChI=1S/C18H15BrFNO2/c1-2-22-17-11-13(6-5-9-21)10-15(19)18(17)23-12-14-7-3-4-8-16(14)20/h3-8,10-11H,2,12H2,1H3. The average Bonchev–Trinajstić information content (AvgIpc) is 2.54. The van der Waals surface area contributed by atoms with Crippen LogP contribution in [-0.4, -0.2) is 6.61 Å². The van der Waals surface area contributed by atoms with E-state index in [1.807, 2.05) is 19.1 Å². The normalized spacial score (nSPS) is 10.5. The Morgan fingerprint density at radius 1 is 1.26 bits per heavy atom. The summed E-state index contributed by atoms with van der Waals surface area (Å²) in [6.07, 6.45) is 3.06. The van der Waals surface area contributed by atoms with Crippen LogP contribution in [0.5, 0.6) is 11.5 Å². The quantitative estimate of drug-likeness (QED) is 0.659. The molecule has 118 valence electrons. The fourth-order valence-electron chi connectivity index (χ4n) is 1.99. The summed E-state index contributed by atoms with van der Waals surface area (Å²) in [7, 11) is 0. The van der Waals surface area contributed by atoms with Crippen LogP contribution in [0.2, 0.25) is 0 Å². The van der Waals surface area contributed by atoms with Crippen LogP contribution in [0.15, 0.2) is 46.9 Å². The van der Waals surface area contributed by atoms with E-state index in [1.165, 1.54) is 12.1 Å². The molecule has 23 heavy (non-hydrogen) atoms. The van der Waals surface area contributed by atoms with Crippen molar-refractivity contribution in [2.45, 2.75) is 13.5 Å². The largest absolute Gasteiger partial charge is 0.490 e. The smallest absolute Gasteiger partial charge is 0.175 e. The molecular formula is C18H15BrFNO2. The van der Waals surface area contributed by atoms with E-state index >= 15 is 0 Å². The number of nitrogens with zero attached hydrogens (tertiary/aromatic N) is 1. The highest BCUT2D eigenvalue weighted by atomic mass is 79.9. The molecule has 0 bridgehead atoms. The maximum atomic E-state index is 13.7. The Morgan fingerprint density at radius 2 is 2.04 bits per heavy atom. The Bertz CT molecular complexity index is 753. The average molecular weight is 376 g/mol. The lowest BCUT2D eigenvalue weighted by atomic mass is 10.2. The maximum absolute atomic E-state index is 13.7. The number of allylic oxidation sites excluding steroid dienone is 1. The summed E-state index contributed by atoms with van der Waals surface area (Å²) in [6, 6.07) is 12.0. The van der Waals surface area contributed by atoms with Crippen molar-refractivity contribution in [1.82, 2.24) is 0 Å². The zero-order chi connectivity index (χ0) is 16.7. The van der Waals surface area contributed by atoms with Crippen LogP contribution in [0, 0.1) is 17.1 Å². The molecule has 2 aromatic rings. The Morgan fingerprint density at radius 3 is 2.74 bits per heavy atom. The second-order valence-electron chi connectivity index (χ2n) is 4.61. The van der Waals surface area contributed by atoms with Crippen molar-refractivity contribution in [3.63, 3.8) is 0 Å². The van der Waals surface area contributed by atoms with Crippen molar-refractivity contribution in [3.8, 4) is 17.6 Å². The first-order valence-corrected chi connectivity index (χ1v) is 7.83. The first-order valence-electron chi connectivity index (χ1n) is 7.04. The number of halogens is 2. The van der Waals surface area contributed by atoms with Gasteiger partial charge in [-0.15, -0.1) is 0 Å². The molecule has 0 saturated heterocycles. The fraction of sp³-hybridized carbons (Fsp3) is 0.167. The highest BCUT2D eigenvalue weighted by Crippen LogP contribution is 2.38. The van der Waals surface area contributed by atoms with Gasteiger partial charge in [-0.2, -0.15) is 5.26 Å². The molecule has 2 rings (SSSR count). The van der Waals surface area contributed by atoms with E-state index in [2.05, 4.69) is 15.9 Å². The van der Waals surface area contributed by atoms with Crippen LogP contribution in [0.1, 0.15) is 18.1 Å². The number of hydrogen-bond donors (Lipinski definition) is 0. The van der Waals surface area contributed by atoms with Gasteiger partial charge in [0, 0.05) is 11.6 Å². The lowest BCUT2D eigenvalue weighted by molar-refractivity contribution is 0.264. The summed E-state index contributed by atoms with van der Waals surface area (Å²) >= 11 is 3.44. The van der Waals surface area contributed by atoms with Gasteiger partial charge in [-0.3, -0.25) is 0 Å². The highest BCUT2D eigenvalue weighted by Gasteiger charge is 2.12. The van der Waals surface area contributed by atoms with E-state index in [-0.39, 0.29) is 12.4 Å². The van der Waals surface area contributed by atoms with E-state index in [0.717, 1.165) is 5.56 Å². The number of nitriles is 1. The maximum Gasteiger partial charge on any atom is 0.175 e. The third-order valence-electron chi connectivity index (χ3n) is 3.01. The molecule has 0 aliphatic rings. The van der Waals surface area contributed by atoms with Gasteiger partial charge in [0.1, 0.15) is 12.4 Å². The summed E-state index contributed by atoms with van der Waals surface area (Å²) in [5.41, 5.74) is 1.27. The van der Waals surface area contributed by atoms with Gasteiger partial charge in [0.25, 0.3) is 0 Å². The van der Waals surface area contributed by atoms with Gasteiger partial charge in [-0.25, -0.2) is 4.39 Å². The van der Waals surface area contributed by atoms with Crippen LogP contribution in [0.25, 0.3) is 6.08 Å². The number of rotatable bonds is 6. The van der Waals surface area contributed by atoms with Crippen molar-refractivity contribution >= 4 is 22.0 Å². The first kappa shape index (κ1) is 17.0. The molecule has 0 aliphatic heterocycles. The van der Waals surface area contributed by atoms with Crippen LogP contribution in [0.4, 0.5) is 4.39 Å². The first-order chi connectivity index (χ1) is 11.2. The van der Waals surface area contributed by atoms with E-state index in [4.69, 9.17) is 14.7 Å². The van der Waals surface area contributed by atoms with Gasteiger partial charge >= 0.3 is 0 Å². The Balaban J connectivity index is 2.28. The van der Waals surface area contributed by atoms with Crippen LogP contribution < -0.4 is 9.47 Å². The summed E-state index contributed by atoms with van der Waals surface area (Å²) in [4.78, 5) is 0. The van der Waals surface area contributed by atoms with Gasteiger partial charge in [-0.1, -0.05) is 18.2 Å². The molecule has 0 aliphatic carbocycles. The van der Waals surface area contributed by atoms with Gasteiger partial charge < -0.3 is 9.47 Å². The van der Waals surface area contributed by atoms with Gasteiger partial charge in [0.05, 0.1) is 17.1 Å². The van der Waals surface area contributed by atoms with Gasteiger partial charge in [-0.05, 0) is 52.7 Å². The lowest BCUT2D eigenvalue weighted by Crippen LogP contribution is -2.02. The van der Waals surface area contributed by atoms with Gasteiger partial charge in [0.2, 0.25) is 0 Å². The number of ether oxygens (including phenoxy) is 2. The summed E-state index contributed by atoms with van der Waals surface area (Å²) in [6.45, 7) is 2.43. The van der Waals surface area contributed by atoms with E-state index in [1.54, 1.807) is 30.3 Å². The van der Waals surface area contributed by atoms with Crippen molar-refractivity contribution in [2.24, 2.45) is 0 Å². The zero-order valence-electron chi connectivity index (χ0n) is 12.6. The van der Waals surface area contributed by atoms with Crippen molar-refractivity contribution in [1.29, 1.82) is 5.26 Å². The van der Waals surface area contributed by atoms with Crippen LogP contribution >= 0.6 is 15.9 Å². The number of benzene rings is 2. The molecule has 0 saturated carbocycles. The summed E-state index contributed by atoms with van der Waals surface area (Å²) in [5, 5.41) is 8.62. The van der Waals surface area contributed by atoms with E-state index < -0.39 is 0 Å². The summed E-state index contributed by atoms with van der Waals surface area (Å²) < 4.78 is 25.7. The minimum absolute atomic E-state index is 0.0960. The predicted molar refractivity (Wildman–Crippen MR) is 90.7 cm³/mol. The molecule has 0 N–H and O–H groups in total. The molecule has 0 aromatic heterocycles. The predicted octanol–water partition coefficient (Wildman–Crippen LogP) is 5.10.